The molecule has 0 radical (unpaired) electrons. The zero-order chi connectivity index (χ0) is 13.8. The van der Waals surface area contributed by atoms with Gasteiger partial charge < -0.3 is 20.7 Å². The van der Waals surface area contributed by atoms with Crippen LogP contribution in [0.25, 0.3) is 0 Å². The number of hydrogen-bond donors (Lipinski definition) is 2. The van der Waals surface area contributed by atoms with Crippen molar-refractivity contribution in [2.75, 3.05) is 31.2 Å². The predicted molar refractivity (Wildman–Crippen MR) is 78.6 cm³/mol. The highest BCUT2D eigenvalue weighted by Gasteiger charge is 2.17. The van der Waals surface area contributed by atoms with Gasteiger partial charge in [0.2, 0.25) is 5.88 Å². The second kappa shape index (κ2) is 6.10. The Balaban J connectivity index is 2.03. The van der Waals surface area contributed by atoms with Gasteiger partial charge >= 0.3 is 0 Å². The van der Waals surface area contributed by atoms with Crippen molar-refractivity contribution in [3.05, 3.63) is 12.1 Å². The lowest BCUT2D eigenvalue weighted by molar-refractivity contribution is 0.234. The number of rotatable bonds is 4. The predicted octanol–water partition coefficient (Wildman–Crippen LogP) is 1.96. The van der Waals surface area contributed by atoms with E-state index in [1.54, 1.807) is 0 Å². The van der Waals surface area contributed by atoms with Gasteiger partial charge in [-0.2, -0.15) is 4.98 Å². The Bertz CT molecular complexity index is 422. The van der Waals surface area contributed by atoms with E-state index in [4.69, 9.17) is 10.5 Å². The topological polar surface area (TPSA) is 63.4 Å². The molecule has 106 valence electrons. The number of piperidine rings is 1. The first-order valence-corrected chi connectivity index (χ1v) is 6.93. The minimum Gasteiger partial charge on any atom is -0.473 e. The summed E-state index contributed by atoms with van der Waals surface area (Å²) in [5.74, 6) is 1.36. The third-order valence-corrected chi connectivity index (χ3v) is 3.21. The van der Waals surface area contributed by atoms with Gasteiger partial charge in [0.05, 0.1) is 11.8 Å². The van der Waals surface area contributed by atoms with Crippen molar-refractivity contribution < 1.29 is 4.74 Å². The molecule has 0 bridgehead atoms. The third-order valence-electron chi connectivity index (χ3n) is 3.21. The first-order chi connectivity index (χ1) is 9.04. The fourth-order valence-corrected chi connectivity index (χ4v) is 2.34. The Morgan fingerprint density at radius 1 is 1.47 bits per heavy atom. The lowest BCUT2D eigenvalue weighted by atomic mass is 10.1. The second-order valence-corrected chi connectivity index (χ2v) is 5.50. The number of pyridine rings is 1. The molecule has 2 rings (SSSR count). The van der Waals surface area contributed by atoms with Crippen molar-refractivity contribution >= 4 is 11.5 Å². The Morgan fingerprint density at radius 3 is 2.95 bits per heavy atom. The summed E-state index contributed by atoms with van der Waals surface area (Å²) in [6.45, 7) is 6.16. The maximum Gasteiger partial charge on any atom is 0.239 e. The first kappa shape index (κ1) is 13.9. The number of ether oxygens (including phenoxy) is 1. The highest BCUT2D eigenvalue weighted by Crippen LogP contribution is 2.23. The molecule has 1 unspecified atom stereocenters. The number of nitrogens with two attached hydrogens (primary N) is 1. The van der Waals surface area contributed by atoms with Crippen molar-refractivity contribution in [3.8, 4) is 5.88 Å². The molecule has 1 aromatic rings. The fraction of sp³-hybridized carbons (Fsp3) is 0.643. The Labute approximate surface area is 115 Å². The normalized spacial score (nSPS) is 20.5. The summed E-state index contributed by atoms with van der Waals surface area (Å²) < 4.78 is 5.61. The minimum absolute atomic E-state index is 0.0749. The van der Waals surface area contributed by atoms with Crippen molar-refractivity contribution in [1.82, 2.24) is 9.88 Å². The molecule has 5 nitrogen and oxygen atoms in total. The number of hydrogen-bond acceptors (Lipinski definition) is 5. The Hall–Kier alpha value is -1.49. The number of anilines is 2. The molecule has 5 heteroatoms. The SMILES string of the molecule is CC(C)Oc1nc(NC2CCCN(C)C2)ccc1N. The highest BCUT2D eigenvalue weighted by atomic mass is 16.5. The average Bonchev–Trinajstić information content (AvgIpc) is 2.33. The van der Waals surface area contributed by atoms with Crippen LogP contribution in [-0.2, 0) is 0 Å². The zero-order valence-electron chi connectivity index (χ0n) is 12.0. The number of likely N-dealkylation sites (N-methyl/N-ethyl adjacent to an activating group) is 1. The summed E-state index contributed by atoms with van der Waals surface area (Å²) in [6, 6.07) is 4.21. The first-order valence-electron chi connectivity index (χ1n) is 6.93. The van der Waals surface area contributed by atoms with E-state index in [1.165, 1.54) is 19.4 Å². The van der Waals surface area contributed by atoms with E-state index in [1.807, 2.05) is 26.0 Å². The van der Waals surface area contributed by atoms with Crippen LogP contribution >= 0.6 is 0 Å². The summed E-state index contributed by atoms with van der Waals surface area (Å²) in [6.07, 6.45) is 2.47. The fourth-order valence-electron chi connectivity index (χ4n) is 2.34. The highest BCUT2D eigenvalue weighted by molar-refractivity contribution is 5.54. The van der Waals surface area contributed by atoms with Gasteiger partial charge in [0.15, 0.2) is 0 Å². The molecule has 19 heavy (non-hydrogen) atoms. The number of aromatic nitrogens is 1. The van der Waals surface area contributed by atoms with Crippen molar-refractivity contribution in [2.24, 2.45) is 0 Å². The molecular formula is C14H24N4O. The van der Waals surface area contributed by atoms with Gasteiger partial charge in [0.25, 0.3) is 0 Å². The molecule has 1 aliphatic rings. The van der Waals surface area contributed by atoms with Crippen LogP contribution in [0.4, 0.5) is 11.5 Å². The third kappa shape index (κ3) is 3.99. The van der Waals surface area contributed by atoms with Gasteiger partial charge in [-0.05, 0) is 52.4 Å². The molecule has 0 amide bonds. The van der Waals surface area contributed by atoms with Crippen molar-refractivity contribution in [3.63, 3.8) is 0 Å². The maximum absolute atomic E-state index is 5.87. The van der Waals surface area contributed by atoms with Crippen LogP contribution in [0.5, 0.6) is 5.88 Å². The van der Waals surface area contributed by atoms with E-state index >= 15 is 0 Å². The standard InChI is InChI=1S/C14H24N4O/c1-10(2)19-14-12(15)6-7-13(17-14)16-11-5-4-8-18(3)9-11/h6-7,10-11H,4-5,8-9,15H2,1-3H3,(H,16,17). The van der Waals surface area contributed by atoms with E-state index in [0.29, 0.717) is 17.6 Å². The van der Waals surface area contributed by atoms with E-state index in [2.05, 4.69) is 22.2 Å². The van der Waals surface area contributed by atoms with Gasteiger partial charge in [-0.25, -0.2) is 0 Å². The number of nitrogens with zero attached hydrogens (tertiary/aromatic N) is 2. The monoisotopic (exact) mass is 264 g/mol. The lowest BCUT2D eigenvalue weighted by Gasteiger charge is -2.30. The lowest BCUT2D eigenvalue weighted by Crippen LogP contribution is -2.39. The van der Waals surface area contributed by atoms with Crippen molar-refractivity contribution in [2.45, 2.75) is 38.8 Å². The minimum atomic E-state index is 0.0749. The number of nitrogen functional groups attached to an aromatic ring is 1. The molecule has 2 heterocycles. The summed E-state index contributed by atoms with van der Waals surface area (Å²) >= 11 is 0. The molecule has 1 saturated heterocycles. The zero-order valence-corrected chi connectivity index (χ0v) is 12.0. The van der Waals surface area contributed by atoms with Crippen molar-refractivity contribution in [1.29, 1.82) is 0 Å². The largest absolute Gasteiger partial charge is 0.473 e. The number of nitrogens with one attached hydrogen (secondary N) is 1. The summed E-state index contributed by atoms with van der Waals surface area (Å²) in [5.41, 5.74) is 6.45. The van der Waals surface area contributed by atoms with Gasteiger partial charge in [-0.3, -0.25) is 0 Å². The molecule has 0 aromatic carbocycles. The second-order valence-electron chi connectivity index (χ2n) is 5.50. The van der Waals surface area contributed by atoms with E-state index in [-0.39, 0.29) is 6.10 Å². The summed E-state index contributed by atoms with van der Waals surface area (Å²) in [5, 5.41) is 3.46. The molecule has 1 fully saturated rings. The molecule has 1 aliphatic heterocycles. The van der Waals surface area contributed by atoms with Crippen LogP contribution in [0.1, 0.15) is 26.7 Å². The van der Waals surface area contributed by atoms with Gasteiger partial charge in [-0.15, -0.1) is 0 Å². The molecule has 1 atom stereocenters. The van der Waals surface area contributed by atoms with Crippen LogP contribution in [0, 0.1) is 0 Å². The number of likely N-dealkylation sites (tertiary alicyclic amines) is 1. The van der Waals surface area contributed by atoms with Gasteiger partial charge in [0, 0.05) is 12.6 Å². The van der Waals surface area contributed by atoms with E-state index < -0.39 is 0 Å². The van der Waals surface area contributed by atoms with Crippen LogP contribution in [0.3, 0.4) is 0 Å². The van der Waals surface area contributed by atoms with Crippen LogP contribution in [-0.4, -0.2) is 42.2 Å². The summed E-state index contributed by atoms with van der Waals surface area (Å²) in [4.78, 5) is 6.79. The van der Waals surface area contributed by atoms with Crippen LogP contribution < -0.4 is 15.8 Å². The summed E-state index contributed by atoms with van der Waals surface area (Å²) in [7, 11) is 2.15. The Morgan fingerprint density at radius 2 is 2.26 bits per heavy atom. The Kier molecular flexibility index (Phi) is 4.47. The maximum atomic E-state index is 5.87. The quantitative estimate of drug-likeness (QED) is 0.870. The van der Waals surface area contributed by atoms with E-state index in [9.17, 15) is 0 Å². The average molecular weight is 264 g/mol. The van der Waals surface area contributed by atoms with Gasteiger partial charge in [-0.1, -0.05) is 0 Å². The molecular weight excluding hydrogens is 240 g/mol. The molecule has 0 aliphatic carbocycles. The molecule has 0 saturated carbocycles. The molecule has 3 N–H and O–H groups in total. The van der Waals surface area contributed by atoms with Crippen LogP contribution in [0.15, 0.2) is 12.1 Å². The molecule has 0 spiro atoms. The van der Waals surface area contributed by atoms with E-state index in [0.717, 1.165) is 12.4 Å². The van der Waals surface area contributed by atoms with Crippen LogP contribution in [0.2, 0.25) is 0 Å². The van der Waals surface area contributed by atoms with Gasteiger partial charge in [0.1, 0.15) is 5.82 Å². The molecule has 1 aromatic heterocycles. The smallest absolute Gasteiger partial charge is 0.239 e.